The van der Waals surface area contributed by atoms with Crippen LogP contribution >= 0.6 is 0 Å². The van der Waals surface area contributed by atoms with Gasteiger partial charge in [0.15, 0.2) is 11.6 Å². The molecule has 2 N–H and O–H groups in total. The van der Waals surface area contributed by atoms with Gasteiger partial charge in [-0.15, -0.1) is 0 Å². The van der Waals surface area contributed by atoms with Crippen molar-refractivity contribution in [3.05, 3.63) is 35.4 Å². The van der Waals surface area contributed by atoms with Crippen LogP contribution in [0.3, 0.4) is 0 Å². The fraction of sp³-hybridized carbons (Fsp3) is 0.333. The number of nitrogens with zero attached hydrogens (tertiary/aromatic N) is 2. The van der Waals surface area contributed by atoms with E-state index in [1.54, 1.807) is 6.92 Å². The smallest absolute Gasteiger partial charge is 0.371 e. The Balaban J connectivity index is 1.75. The van der Waals surface area contributed by atoms with Gasteiger partial charge in [-0.2, -0.15) is 4.98 Å². The first kappa shape index (κ1) is 13.8. The maximum atomic E-state index is 11.6. The lowest BCUT2D eigenvalue weighted by atomic mass is 10.3. The number of nitrogens with one attached hydrogen (secondary N) is 1. The molecule has 8 heteroatoms. The molecule has 2 rings (SSSR count). The highest BCUT2D eigenvalue weighted by atomic mass is 16.5. The predicted molar refractivity (Wildman–Crippen MR) is 65.4 cm³/mol. The lowest BCUT2D eigenvalue weighted by Gasteiger charge is -2.01. The van der Waals surface area contributed by atoms with Gasteiger partial charge in [-0.05, 0) is 25.5 Å². The van der Waals surface area contributed by atoms with Crippen molar-refractivity contribution in [2.45, 2.75) is 19.8 Å². The van der Waals surface area contributed by atoms with Crippen LogP contribution in [0.4, 0.5) is 0 Å². The van der Waals surface area contributed by atoms with Crippen molar-refractivity contribution in [2.75, 3.05) is 6.54 Å². The number of carbonyl (C=O) groups is 2. The van der Waals surface area contributed by atoms with E-state index < -0.39 is 11.9 Å². The number of furan rings is 1. The van der Waals surface area contributed by atoms with E-state index in [0.29, 0.717) is 31.1 Å². The molecule has 1 amide bonds. The first-order valence-corrected chi connectivity index (χ1v) is 5.97. The van der Waals surface area contributed by atoms with E-state index in [1.165, 1.54) is 12.1 Å². The van der Waals surface area contributed by atoms with Crippen LogP contribution in [0.1, 0.15) is 39.2 Å². The zero-order chi connectivity index (χ0) is 14.5. The van der Waals surface area contributed by atoms with Crippen LogP contribution in [-0.2, 0) is 6.42 Å². The molecule has 0 radical (unpaired) electrons. The number of carboxylic acid groups (broad SMARTS) is 1. The number of rotatable bonds is 6. The Labute approximate surface area is 113 Å². The zero-order valence-electron chi connectivity index (χ0n) is 10.8. The van der Waals surface area contributed by atoms with Gasteiger partial charge in [0.05, 0.1) is 0 Å². The number of aryl methyl sites for hydroxylation is 2. The molecule has 0 saturated heterocycles. The Morgan fingerprint density at radius 2 is 2.10 bits per heavy atom. The maximum absolute atomic E-state index is 11.6. The molecule has 2 aromatic heterocycles. The Kier molecular flexibility index (Phi) is 4.14. The standard InChI is InChI=1S/C12H13N3O5/c1-7-14-10(20-15-7)3-2-6-13-11(16)8-4-5-9(19-8)12(17)18/h4-5H,2-3,6H2,1H3,(H,13,16)(H,17,18). The van der Waals surface area contributed by atoms with Gasteiger partial charge < -0.3 is 19.4 Å². The van der Waals surface area contributed by atoms with Crippen molar-refractivity contribution in [1.29, 1.82) is 0 Å². The summed E-state index contributed by atoms with van der Waals surface area (Å²) in [5, 5.41) is 14.9. The summed E-state index contributed by atoms with van der Waals surface area (Å²) in [4.78, 5) is 26.3. The zero-order valence-corrected chi connectivity index (χ0v) is 10.8. The van der Waals surface area contributed by atoms with Crippen molar-refractivity contribution in [2.24, 2.45) is 0 Å². The number of hydrogen-bond acceptors (Lipinski definition) is 6. The second-order valence-corrected chi connectivity index (χ2v) is 4.06. The molecular weight excluding hydrogens is 266 g/mol. The molecule has 0 bridgehead atoms. The fourth-order valence-electron chi connectivity index (χ4n) is 1.55. The monoisotopic (exact) mass is 279 g/mol. The summed E-state index contributed by atoms with van der Waals surface area (Å²) >= 11 is 0. The number of carbonyl (C=O) groups excluding carboxylic acids is 1. The summed E-state index contributed by atoms with van der Waals surface area (Å²) < 4.78 is 9.80. The van der Waals surface area contributed by atoms with Gasteiger partial charge in [-0.25, -0.2) is 4.79 Å². The predicted octanol–water partition coefficient (Wildman–Crippen LogP) is 1.03. The minimum Gasteiger partial charge on any atom is -0.475 e. The maximum Gasteiger partial charge on any atom is 0.371 e. The molecule has 106 valence electrons. The van der Waals surface area contributed by atoms with Crippen LogP contribution in [0, 0.1) is 6.92 Å². The highest BCUT2D eigenvalue weighted by Gasteiger charge is 2.14. The van der Waals surface area contributed by atoms with Gasteiger partial charge in [0, 0.05) is 13.0 Å². The second kappa shape index (κ2) is 6.00. The summed E-state index contributed by atoms with van der Waals surface area (Å²) in [5.41, 5.74) is 0. The molecular formula is C12H13N3O5. The van der Waals surface area contributed by atoms with E-state index >= 15 is 0 Å². The number of aromatic nitrogens is 2. The minimum absolute atomic E-state index is 0.0314. The normalized spacial score (nSPS) is 10.4. The Morgan fingerprint density at radius 1 is 1.35 bits per heavy atom. The van der Waals surface area contributed by atoms with Gasteiger partial charge >= 0.3 is 5.97 Å². The third-order valence-electron chi connectivity index (χ3n) is 2.46. The first-order chi connectivity index (χ1) is 9.56. The minimum atomic E-state index is -1.21. The number of aromatic carboxylic acids is 1. The van der Waals surface area contributed by atoms with Crippen LogP contribution in [-0.4, -0.2) is 33.7 Å². The van der Waals surface area contributed by atoms with Crippen molar-refractivity contribution < 1.29 is 23.6 Å². The van der Waals surface area contributed by atoms with Gasteiger partial charge in [0.1, 0.15) is 0 Å². The average molecular weight is 279 g/mol. The van der Waals surface area contributed by atoms with E-state index in [0.717, 1.165) is 0 Å². The van der Waals surface area contributed by atoms with Crippen LogP contribution in [0.15, 0.2) is 21.1 Å². The lowest BCUT2D eigenvalue weighted by Crippen LogP contribution is -2.24. The van der Waals surface area contributed by atoms with E-state index in [2.05, 4.69) is 15.5 Å². The van der Waals surface area contributed by atoms with Crippen molar-refractivity contribution >= 4 is 11.9 Å². The molecule has 0 aliphatic heterocycles. The molecule has 2 heterocycles. The highest BCUT2D eigenvalue weighted by molar-refractivity contribution is 5.93. The fourth-order valence-corrected chi connectivity index (χ4v) is 1.55. The summed E-state index contributed by atoms with van der Waals surface area (Å²) in [6.07, 6.45) is 1.18. The topological polar surface area (TPSA) is 118 Å². The quantitative estimate of drug-likeness (QED) is 0.758. The third-order valence-corrected chi connectivity index (χ3v) is 2.46. The molecule has 20 heavy (non-hydrogen) atoms. The van der Waals surface area contributed by atoms with Crippen molar-refractivity contribution in [3.8, 4) is 0 Å². The lowest BCUT2D eigenvalue weighted by molar-refractivity contribution is 0.0659. The molecule has 0 aliphatic carbocycles. The number of hydrogen-bond donors (Lipinski definition) is 2. The van der Waals surface area contributed by atoms with Crippen LogP contribution in [0.2, 0.25) is 0 Å². The van der Waals surface area contributed by atoms with Crippen LogP contribution in [0.25, 0.3) is 0 Å². The summed E-state index contributed by atoms with van der Waals surface area (Å²) in [5.74, 6) is -0.883. The third kappa shape index (κ3) is 3.44. The van der Waals surface area contributed by atoms with E-state index in [4.69, 9.17) is 14.0 Å². The molecule has 0 aliphatic rings. The molecule has 8 nitrogen and oxygen atoms in total. The summed E-state index contributed by atoms with van der Waals surface area (Å²) in [7, 11) is 0. The van der Waals surface area contributed by atoms with Crippen LogP contribution in [0.5, 0.6) is 0 Å². The van der Waals surface area contributed by atoms with E-state index in [9.17, 15) is 9.59 Å². The summed E-state index contributed by atoms with van der Waals surface area (Å²) in [6, 6.07) is 2.55. The highest BCUT2D eigenvalue weighted by Crippen LogP contribution is 2.07. The molecule has 0 fully saturated rings. The Morgan fingerprint density at radius 3 is 2.70 bits per heavy atom. The molecule has 0 atom stereocenters. The van der Waals surface area contributed by atoms with E-state index in [1.807, 2.05) is 0 Å². The molecule has 0 spiro atoms. The van der Waals surface area contributed by atoms with Gasteiger partial charge in [-0.1, -0.05) is 5.16 Å². The molecule has 0 aromatic carbocycles. The molecule has 0 unspecified atom stereocenters. The molecule has 0 saturated carbocycles. The van der Waals surface area contributed by atoms with Crippen molar-refractivity contribution in [1.82, 2.24) is 15.5 Å². The van der Waals surface area contributed by atoms with Crippen molar-refractivity contribution in [3.63, 3.8) is 0 Å². The van der Waals surface area contributed by atoms with Gasteiger partial charge in [-0.3, -0.25) is 4.79 Å². The second-order valence-electron chi connectivity index (χ2n) is 4.06. The van der Waals surface area contributed by atoms with E-state index in [-0.39, 0.29) is 11.5 Å². The Hall–Kier alpha value is -2.64. The first-order valence-electron chi connectivity index (χ1n) is 5.97. The molecule has 2 aromatic rings. The Bertz CT molecular complexity index is 616. The van der Waals surface area contributed by atoms with Gasteiger partial charge in [0.25, 0.3) is 5.91 Å². The summed E-state index contributed by atoms with van der Waals surface area (Å²) in [6.45, 7) is 2.12. The number of amides is 1. The van der Waals surface area contributed by atoms with Gasteiger partial charge in [0.2, 0.25) is 11.7 Å². The average Bonchev–Trinajstić information content (AvgIpc) is 3.03. The number of carboxylic acids is 1. The largest absolute Gasteiger partial charge is 0.475 e. The van der Waals surface area contributed by atoms with Crippen LogP contribution < -0.4 is 5.32 Å². The SMILES string of the molecule is Cc1noc(CCCNC(=O)c2ccc(C(=O)O)o2)n1.